The third-order valence-corrected chi connectivity index (χ3v) is 3.92. The van der Waals surface area contributed by atoms with E-state index in [-0.39, 0.29) is 11.9 Å². The summed E-state index contributed by atoms with van der Waals surface area (Å²) < 4.78 is 0. The van der Waals surface area contributed by atoms with Gasteiger partial charge in [-0.3, -0.25) is 9.78 Å². The lowest BCUT2D eigenvalue weighted by molar-refractivity contribution is 0.0928. The minimum Gasteiger partial charge on any atom is -0.353 e. The predicted molar refractivity (Wildman–Crippen MR) is 86.2 cm³/mol. The summed E-state index contributed by atoms with van der Waals surface area (Å²) in [5.41, 5.74) is 2.21. The van der Waals surface area contributed by atoms with Crippen LogP contribution in [0.3, 0.4) is 0 Å². The lowest BCUT2D eigenvalue weighted by Gasteiger charge is -2.34. The molecule has 120 valence electrons. The van der Waals surface area contributed by atoms with Crippen LogP contribution in [0, 0.1) is 13.8 Å². The molecule has 2 aromatic rings. The van der Waals surface area contributed by atoms with Gasteiger partial charge in [0, 0.05) is 31.5 Å². The van der Waals surface area contributed by atoms with Crippen LogP contribution < -0.4 is 10.2 Å². The Labute approximate surface area is 135 Å². The molecule has 1 atom stereocenters. The van der Waals surface area contributed by atoms with Crippen LogP contribution in [0.2, 0.25) is 0 Å². The van der Waals surface area contributed by atoms with Crippen molar-refractivity contribution in [3.8, 4) is 0 Å². The van der Waals surface area contributed by atoms with Gasteiger partial charge in [0.1, 0.15) is 17.8 Å². The maximum absolute atomic E-state index is 12.2. The highest BCUT2D eigenvalue weighted by Gasteiger charge is 2.24. The maximum Gasteiger partial charge on any atom is 0.270 e. The second kappa shape index (κ2) is 6.68. The Kier molecular flexibility index (Phi) is 4.45. The molecule has 0 aliphatic carbocycles. The molecule has 1 aliphatic heterocycles. The first-order valence-corrected chi connectivity index (χ1v) is 7.75. The van der Waals surface area contributed by atoms with Gasteiger partial charge in [0.25, 0.3) is 5.91 Å². The molecule has 1 unspecified atom stereocenters. The van der Waals surface area contributed by atoms with Crippen molar-refractivity contribution in [1.29, 1.82) is 0 Å². The smallest absolute Gasteiger partial charge is 0.270 e. The predicted octanol–water partition coefficient (Wildman–Crippen LogP) is 1.28. The summed E-state index contributed by atoms with van der Waals surface area (Å²) >= 11 is 0. The molecule has 7 nitrogen and oxygen atoms in total. The molecule has 0 radical (unpaired) electrons. The van der Waals surface area contributed by atoms with Crippen LogP contribution in [0.15, 0.2) is 24.8 Å². The second-order valence-corrected chi connectivity index (χ2v) is 5.77. The van der Waals surface area contributed by atoms with E-state index in [4.69, 9.17) is 0 Å². The molecule has 1 fully saturated rings. The molecule has 1 saturated heterocycles. The van der Waals surface area contributed by atoms with Crippen molar-refractivity contribution >= 4 is 11.7 Å². The molecule has 0 bridgehead atoms. The fourth-order valence-corrected chi connectivity index (χ4v) is 2.80. The Bertz CT molecular complexity index is 690. The van der Waals surface area contributed by atoms with E-state index in [0.717, 1.165) is 43.1 Å². The lowest BCUT2D eigenvalue weighted by atomic mass is 10.1. The average Bonchev–Trinajstić information content (AvgIpc) is 2.58. The topological polar surface area (TPSA) is 83.9 Å². The summed E-state index contributed by atoms with van der Waals surface area (Å²) in [6.45, 7) is 5.56. The van der Waals surface area contributed by atoms with E-state index in [0.29, 0.717) is 5.69 Å². The number of aromatic nitrogens is 4. The molecule has 1 N–H and O–H groups in total. The van der Waals surface area contributed by atoms with Crippen molar-refractivity contribution in [2.24, 2.45) is 0 Å². The number of carbonyl (C=O) groups is 1. The van der Waals surface area contributed by atoms with Crippen molar-refractivity contribution in [2.45, 2.75) is 32.7 Å². The van der Waals surface area contributed by atoms with Gasteiger partial charge in [0.15, 0.2) is 0 Å². The Morgan fingerprint density at radius 1 is 1.35 bits per heavy atom. The minimum absolute atomic E-state index is 0.0768. The summed E-state index contributed by atoms with van der Waals surface area (Å²) in [6.07, 6.45) is 6.68. The van der Waals surface area contributed by atoms with E-state index in [1.165, 1.54) is 6.33 Å². The van der Waals surface area contributed by atoms with E-state index in [2.05, 4.69) is 30.2 Å². The van der Waals surface area contributed by atoms with Crippen LogP contribution in [-0.2, 0) is 0 Å². The zero-order valence-electron chi connectivity index (χ0n) is 13.4. The third-order valence-electron chi connectivity index (χ3n) is 3.92. The molecule has 7 heteroatoms. The van der Waals surface area contributed by atoms with E-state index < -0.39 is 0 Å². The molecule has 1 amide bonds. The number of hydrogen-bond acceptors (Lipinski definition) is 6. The molecule has 3 rings (SSSR count). The van der Waals surface area contributed by atoms with Crippen LogP contribution in [0.1, 0.15) is 34.7 Å². The van der Waals surface area contributed by atoms with Gasteiger partial charge in [-0.25, -0.2) is 15.0 Å². The van der Waals surface area contributed by atoms with E-state index >= 15 is 0 Å². The summed E-state index contributed by atoms with van der Waals surface area (Å²) in [5.74, 6) is 0.747. The highest BCUT2D eigenvalue weighted by molar-refractivity contribution is 5.92. The Morgan fingerprint density at radius 3 is 3.00 bits per heavy atom. The number of carbonyl (C=O) groups excluding carboxylic acids is 1. The standard InChI is InChI=1S/C16H20N6O/c1-11-8-18-12(2)15(20-11)22-7-3-4-13(9-22)21-16(23)14-5-6-17-10-19-14/h5-6,8,10,13H,3-4,7,9H2,1-2H3,(H,21,23). The number of rotatable bonds is 3. The quantitative estimate of drug-likeness (QED) is 0.919. The Hall–Kier alpha value is -2.57. The molecule has 0 spiro atoms. The summed E-state index contributed by atoms with van der Waals surface area (Å²) in [4.78, 5) is 31.2. The summed E-state index contributed by atoms with van der Waals surface area (Å²) in [7, 11) is 0. The number of nitrogens with one attached hydrogen (secondary N) is 1. The SMILES string of the molecule is Cc1cnc(C)c(N2CCCC(NC(=O)c3ccncn3)C2)n1. The zero-order chi connectivity index (χ0) is 16.2. The Morgan fingerprint density at radius 2 is 2.22 bits per heavy atom. The first-order chi connectivity index (χ1) is 11.1. The highest BCUT2D eigenvalue weighted by atomic mass is 16.1. The number of hydrogen-bond donors (Lipinski definition) is 1. The fraction of sp³-hybridized carbons (Fsp3) is 0.438. The third kappa shape index (κ3) is 3.61. The number of nitrogens with zero attached hydrogens (tertiary/aromatic N) is 5. The van der Waals surface area contributed by atoms with E-state index in [1.807, 2.05) is 13.8 Å². The minimum atomic E-state index is -0.161. The highest BCUT2D eigenvalue weighted by Crippen LogP contribution is 2.20. The van der Waals surface area contributed by atoms with Crippen molar-refractivity contribution in [3.63, 3.8) is 0 Å². The van der Waals surface area contributed by atoms with Gasteiger partial charge in [0.05, 0.1) is 11.4 Å². The van der Waals surface area contributed by atoms with Crippen LogP contribution in [0.5, 0.6) is 0 Å². The van der Waals surface area contributed by atoms with Crippen LogP contribution in [0.25, 0.3) is 0 Å². The normalized spacial score (nSPS) is 17.8. The van der Waals surface area contributed by atoms with Crippen molar-refractivity contribution in [2.75, 3.05) is 18.0 Å². The first-order valence-electron chi connectivity index (χ1n) is 7.75. The maximum atomic E-state index is 12.2. The van der Waals surface area contributed by atoms with Gasteiger partial charge < -0.3 is 10.2 Å². The monoisotopic (exact) mass is 312 g/mol. The summed E-state index contributed by atoms with van der Waals surface area (Å²) in [6, 6.07) is 1.69. The molecule has 2 aromatic heterocycles. The van der Waals surface area contributed by atoms with Crippen molar-refractivity contribution in [1.82, 2.24) is 25.3 Å². The number of amides is 1. The van der Waals surface area contributed by atoms with Gasteiger partial charge in [-0.1, -0.05) is 0 Å². The molecule has 1 aliphatic rings. The van der Waals surface area contributed by atoms with Crippen molar-refractivity contribution in [3.05, 3.63) is 41.9 Å². The summed E-state index contributed by atoms with van der Waals surface area (Å²) in [5, 5.41) is 3.05. The molecule has 3 heterocycles. The molecule has 0 saturated carbocycles. The first kappa shape index (κ1) is 15.3. The fourth-order valence-electron chi connectivity index (χ4n) is 2.80. The average molecular weight is 312 g/mol. The van der Waals surface area contributed by atoms with Gasteiger partial charge >= 0.3 is 0 Å². The van der Waals surface area contributed by atoms with Gasteiger partial charge in [-0.05, 0) is 32.8 Å². The molecular formula is C16H20N6O. The second-order valence-electron chi connectivity index (χ2n) is 5.77. The van der Waals surface area contributed by atoms with Crippen LogP contribution in [0.4, 0.5) is 5.82 Å². The molecule has 0 aromatic carbocycles. The van der Waals surface area contributed by atoms with Crippen LogP contribution >= 0.6 is 0 Å². The lowest BCUT2D eigenvalue weighted by Crippen LogP contribution is -2.48. The number of aryl methyl sites for hydroxylation is 2. The van der Waals surface area contributed by atoms with Gasteiger partial charge in [-0.2, -0.15) is 0 Å². The van der Waals surface area contributed by atoms with E-state index in [9.17, 15) is 4.79 Å². The van der Waals surface area contributed by atoms with E-state index in [1.54, 1.807) is 18.5 Å². The largest absolute Gasteiger partial charge is 0.353 e. The van der Waals surface area contributed by atoms with Crippen LogP contribution in [-0.4, -0.2) is 45.0 Å². The van der Waals surface area contributed by atoms with Gasteiger partial charge in [-0.15, -0.1) is 0 Å². The molecule has 23 heavy (non-hydrogen) atoms. The van der Waals surface area contributed by atoms with Gasteiger partial charge in [0.2, 0.25) is 0 Å². The zero-order valence-corrected chi connectivity index (χ0v) is 13.4. The molecular weight excluding hydrogens is 292 g/mol. The Balaban J connectivity index is 1.69. The number of anilines is 1. The number of piperidine rings is 1. The van der Waals surface area contributed by atoms with Crippen molar-refractivity contribution < 1.29 is 4.79 Å².